The first-order chi connectivity index (χ1) is 13.4. The number of rotatable bonds is 5. The molecule has 1 N–H and O–H groups in total. The van der Waals surface area contributed by atoms with Gasteiger partial charge >= 0.3 is 0 Å². The first-order valence-corrected chi connectivity index (χ1v) is 9.99. The molecule has 1 aromatic heterocycles. The van der Waals surface area contributed by atoms with Crippen LogP contribution in [0.3, 0.4) is 0 Å². The van der Waals surface area contributed by atoms with Crippen molar-refractivity contribution in [3.63, 3.8) is 0 Å². The number of hydrogen-bond donors (Lipinski definition) is 1. The van der Waals surface area contributed by atoms with Gasteiger partial charge in [-0.25, -0.2) is 9.97 Å². The van der Waals surface area contributed by atoms with E-state index in [2.05, 4.69) is 61.2 Å². The number of para-hydroxylation sites is 1. The Morgan fingerprint density at radius 1 is 1.07 bits per heavy atom. The predicted octanol–water partition coefficient (Wildman–Crippen LogP) is 4.25. The van der Waals surface area contributed by atoms with Gasteiger partial charge in [0.15, 0.2) is 0 Å². The molecule has 1 aliphatic rings. The van der Waals surface area contributed by atoms with Crippen LogP contribution in [0.2, 0.25) is 0 Å². The second kappa shape index (κ2) is 8.69. The van der Waals surface area contributed by atoms with E-state index in [9.17, 15) is 4.79 Å². The van der Waals surface area contributed by atoms with Crippen molar-refractivity contribution >= 4 is 17.4 Å². The number of hydrogen-bond acceptors (Lipinski definition) is 5. The molecule has 28 heavy (non-hydrogen) atoms. The topological polar surface area (TPSA) is 67.4 Å². The number of aryl methyl sites for hydroxylation is 1. The quantitative estimate of drug-likeness (QED) is 0.837. The van der Waals surface area contributed by atoms with Crippen LogP contribution in [0.25, 0.3) is 0 Å². The van der Waals surface area contributed by atoms with E-state index >= 15 is 0 Å². The van der Waals surface area contributed by atoms with Gasteiger partial charge in [0.2, 0.25) is 0 Å². The predicted molar refractivity (Wildman–Crippen MR) is 111 cm³/mol. The molecular weight excluding hydrogens is 352 g/mol. The summed E-state index contributed by atoms with van der Waals surface area (Å²) in [5.41, 5.74) is 3.98. The maximum atomic E-state index is 12.9. The van der Waals surface area contributed by atoms with Crippen LogP contribution in [0.1, 0.15) is 67.0 Å². The number of carbonyl (C=O) groups is 1. The molecule has 1 saturated heterocycles. The maximum absolute atomic E-state index is 12.9. The molecule has 0 aliphatic carbocycles. The van der Waals surface area contributed by atoms with Crippen LogP contribution >= 0.6 is 0 Å². The molecule has 2 aromatic rings. The first-order valence-electron chi connectivity index (χ1n) is 9.99. The molecule has 1 aliphatic heterocycles. The number of anilines is 2. The minimum Gasteiger partial charge on any atom is -0.378 e. The third-order valence-electron chi connectivity index (χ3n) is 4.98. The molecular formula is C22H30N4O2. The van der Waals surface area contributed by atoms with Crippen molar-refractivity contribution < 1.29 is 9.53 Å². The average Bonchev–Trinajstić information content (AvgIpc) is 2.67. The van der Waals surface area contributed by atoms with E-state index in [4.69, 9.17) is 4.74 Å². The number of nitrogens with zero attached hydrogens (tertiary/aromatic N) is 3. The molecule has 0 atom stereocenters. The molecule has 0 radical (unpaired) electrons. The summed E-state index contributed by atoms with van der Waals surface area (Å²) in [5.74, 6) is 1.91. The van der Waals surface area contributed by atoms with Crippen molar-refractivity contribution in [1.29, 1.82) is 0 Å². The molecule has 0 saturated carbocycles. The number of morpholine rings is 1. The van der Waals surface area contributed by atoms with Gasteiger partial charge in [-0.15, -0.1) is 0 Å². The second-order valence-corrected chi connectivity index (χ2v) is 7.84. The van der Waals surface area contributed by atoms with Crippen LogP contribution in [-0.2, 0) is 4.74 Å². The van der Waals surface area contributed by atoms with Crippen LogP contribution < -0.4 is 5.32 Å². The lowest BCUT2D eigenvalue weighted by molar-refractivity contribution is 0.0299. The van der Waals surface area contributed by atoms with Crippen molar-refractivity contribution in [1.82, 2.24) is 14.9 Å². The highest BCUT2D eigenvalue weighted by molar-refractivity contribution is 5.93. The zero-order valence-corrected chi connectivity index (χ0v) is 17.5. The lowest BCUT2D eigenvalue weighted by Gasteiger charge is -2.26. The Kier molecular flexibility index (Phi) is 6.29. The summed E-state index contributed by atoms with van der Waals surface area (Å²) in [5, 5.41) is 3.50. The van der Waals surface area contributed by atoms with Crippen molar-refractivity contribution in [2.24, 2.45) is 0 Å². The SMILES string of the molecule is Cc1nc(Nc2c(C(C)C)cccc2C(C)C)cc(C(=O)N2CCOCC2)n1. The van der Waals surface area contributed by atoms with Crippen molar-refractivity contribution in [3.05, 3.63) is 46.9 Å². The summed E-state index contributed by atoms with van der Waals surface area (Å²) in [6.07, 6.45) is 0. The van der Waals surface area contributed by atoms with Crippen molar-refractivity contribution in [2.75, 3.05) is 31.6 Å². The molecule has 1 amide bonds. The first kappa shape index (κ1) is 20.3. The number of carbonyl (C=O) groups excluding carboxylic acids is 1. The normalized spacial score (nSPS) is 14.6. The minimum absolute atomic E-state index is 0.0712. The van der Waals surface area contributed by atoms with Crippen LogP contribution in [0.5, 0.6) is 0 Å². The number of aromatic nitrogens is 2. The summed E-state index contributed by atoms with van der Waals surface area (Å²) in [7, 11) is 0. The lowest BCUT2D eigenvalue weighted by atomic mass is 9.92. The van der Waals surface area contributed by atoms with Crippen LogP contribution in [0.15, 0.2) is 24.3 Å². The summed E-state index contributed by atoms with van der Waals surface area (Å²) in [6, 6.07) is 8.15. The Morgan fingerprint density at radius 3 is 2.25 bits per heavy atom. The summed E-state index contributed by atoms with van der Waals surface area (Å²) in [6.45, 7) is 12.9. The summed E-state index contributed by atoms with van der Waals surface area (Å²) in [4.78, 5) is 23.6. The van der Waals surface area contributed by atoms with Gasteiger partial charge in [-0.05, 0) is 29.9 Å². The van der Waals surface area contributed by atoms with E-state index in [0.29, 0.717) is 55.5 Å². The number of nitrogens with one attached hydrogen (secondary N) is 1. The van der Waals surface area contributed by atoms with Gasteiger partial charge in [-0.1, -0.05) is 45.9 Å². The van der Waals surface area contributed by atoms with Crippen molar-refractivity contribution in [2.45, 2.75) is 46.5 Å². The van der Waals surface area contributed by atoms with Crippen LogP contribution in [0, 0.1) is 6.92 Å². The van der Waals surface area contributed by atoms with Gasteiger partial charge < -0.3 is 15.0 Å². The molecule has 0 spiro atoms. The molecule has 150 valence electrons. The molecule has 0 bridgehead atoms. The second-order valence-electron chi connectivity index (χ2n) is 7.84. The lowest BCUT2D eigenvalue weighted by Crippen LogP contribution is -2.41. The van der Waals surface area contributed by atoms with E-state index in [-0.39, 0.29) is 5.91 Å². The third kappa shape index (κ3) is 4.50. The molecule has 6 heteroatoms. The largest absolute Gasteiger partial charge is 0.378 e. The van der Waals surface area contributed by atoms with E-state index in [1.807, 2.05) is 6.92 Å². The zero-order valence-electron chi connectivity index (χ0n) is 17.5. The van der Waals surface area contributed by atoms with Gasteiger partial charge in [0, 0.05) is 24.8 Å². The Hall–Kier alpha value is -2.47. The van der Waals surface area contributed by atoms with Gasteiger partial charge in [0.1, 0.15) is 17.3 Å². The van der Waals surface area contributed by atoms with E-state index in [1.54, 1.807) is 11.0 Å². The summed E-state index contributed by atoms with van der Waals surface area (Å²) < 4.78 is 5.34. The Balaban J connectivity index is 1.95. The Morgan fingerprint density at radius 2 is 1.68 bits per heavy atom. The highest BCUT2D eigenvalue weighted by atomic mass is 16.5. The highest BCUT2D eigenvalue weighted by Gasteiger charge is 2.21. The van der Waals surface area contributed by atoms with Gasteiger partial charge in [0.25, 0.3) is 5.91 Å². The maximum Gasteiger partial charge on any atom is 0.272 e. The fourth-order valence-electron chi connectivity index (χ4n) is 3.49. The minimum atomic E-state index is -0.0712. The average molecular weight is 383 g/mol. The van der Waals surface area contributed by atoms with Gasteiger partial charge in [0.05, 0.1) is 13.2 Å². The fraction of sp³-hybridized carbons (Fsp3) is 0.500. The molecule has 1 fully saturated rings. The third-order valence-corrected chi connectivity index (χ3v) is 4.98. The van der Waals surface area contributed by atoms with E-state index < -0.39 is 0 Å². The van der Waals surface area contributed by atoms with E-state index in [1.165, 1.54) is 11.1 Å². The van der Waals surface area contributed by atoms with E-state index in [0.717, 1.165) is 5.69 Å². The fourth-order valence-corrected chi connectivity index (χ4v) is 3.49. The smallest absolute Gasteiger partial charge is 0.272 e. The molecule has 1 aromatic carbocycles. The van der Waals surface area contributed by atoms with Crippen LogP contribution in [-0.4, -0.2) is 47.1 Å². The number of amides is 1. The van der Waals surface area contributed by atoms with Gasteiger partial charge in [-0.2, -0.15) is 0 Å². The summed E-state index contributed by atoms with van der Waals surface area (Å²) >= 11 is 0. The highest BCUT2D eigenvalue weighted by Crippen LogP contribution is 2.34. The molecule has 0 unspecified atom stereocenters. The Labute approximate surface area is 167 Å². The monoisotopic (exact) mass is 382 g/mol. The number of ether oxygens (including phenoxy) is 1. The Bertz CT molecular complexity index is 816. The zero-order chi connectivity index (χ0) is 20.3. The standard InChI is InChI=1S/C22H30N4O2/c1-14(2)17-7-6-8-18(15(3)4)21(17)25-20-13-19(23-16(5)24-20)22(27)26-9-11-28-12-10-26/h6-8,13-15H,9-12H2,1-5H3,(H,23,24,25). The number of benzene rings is 1. The van der Waals surface area contributed by atoms with Crippen LogP contribution in [0.4, 0.5) is 11.5 Å². The molecule has 6 nitrogen and oxygen atoms in total. The van der Waals surface area contributed by atoms with Crippen molar-refractivity contribution in [3.8, 4) is 0 Å². The molecule has 2 heterocycles. The molecule has 3 rings (SSSR count). The van der Waals surface area contributed by atoms with Gasteiger partial charge in [-0.3, -0.25) is 4.79 Å².